The van der Waals surface area contributed by atoms with Crippen molar-refractivity contribution < 1.29 is 14.2 Å². The Morgan fingerprint density at radius 1 is 1.25 bits per heavy atom. The smallest absolute Gasteiger partial charge is 0.119 e. The summed E-state index contributed by atoms with van der Waals surface area (Å²) < 4.78 is 16.0. The van der Waals surface area contributed by atoms with Crippen molar-refractivity contribution in [2.24, 2.45) is 0 Å². The maximum atomic E-state index is 5.57. The lowest BCUT2D eigenvalue weighted by atomic mass is 10.2. The molecular formula is C13H18O3. The van der Waals surface area contributed by atoms with Crippen molar-refractivity contribution in [3.63, 3.8) is 0 Å². The molecule has 0 saturated carbocycles. The molecule has 1 saturated heterocycles. The van der Waals surface area contributed by atoms with Crippen LogP contribution in [0.5, 0.6) is 5.75 Å². The van der Waals surface area contributed by atoms with Crippen LogP contribution in [-0.2, 0) is 9.47 Å². The highest BCUT2D eigenvalue weighted by molar-refractivity contribution is 5.26. The molecule has 1 aliphatic rings. The van der Waals surface area contributed by atoms with Gasteiger partial charge in [-0.15, -0.1) is 0 Å². The maximum Gasteiger partial charge on any atom is 0.119 e. The first kappa shape index (κ1) is 11.4. The quantitative estimate of drug-likeness (QED) is 0.523. The average Bonchev–Trinajstić information content (AvgIpc) is 3.10. The molecule has 16 heavy (non-hydrogen) atoms. The molecule has 1 heterocycles. The fourth-order valence-electron chi connectivity index (χ4n) is 1.36. The summed E-state index contributed by atoms with van der Waals surface area (Å²) in [5.41, 5.74) is 1.25. The third-order valence-electron chi connectivity index (χ3n) is 2.43. The van der Waals surface area contributed by atoms with Crippen molar-refractivity contribution in [1.82, 2.24) is 0 Å². The second-order valence-electron chi connectivity index (χ2n) is 4.05. The van der Waals surface area contributed by atoms with Crippen LogP contribution in [0, 0.1) is 6.92 Å². The van der Waals surface area contributed by atoms with E-state index < -0.39 is 0 Å². The Morgan fingerprint density at radius 3 is 2.69 bits per heavy atom. The normalized spacial score (nSPS) is 18.4. The lowest BCUT2D eigenvalue weighted by Crippen LogP contribution is -2.06. The van der Waals surface area contributed by atoms with Crippen LogP contribution < -0.4 is 4.74 Å². The molecule has 1 aromatic rings. The Labute approximate surface area is 96.3 Å². The molecule has 88 valence electrons. The minimum Gasteiger partial charge on any atom is -0.494 e. The van der Waals surface area contributed by atoms with Gasteiger partial charge < -0.3 is 14.2 Å². The predicted molar refractivity (Wildman–Crippen MR) is 61.9 cm³/mol. The molecule has 0 aliphatic carbocycles. The van der Waals surface area contributed by atoms with Gasteiger partial charge in [-0.25, -0.2) is 0 Å². The molecule has 0 spiro atoms. The van der Waals surface area contributed by atoms with E-state index in [0.29, 0.717) is 12.7 Å². The summed E-state index contributed by atoms with van der Waals surface area (Å²) >= 11 is 0. The fraction of sp³-hybridized carbons (Fsp3) is 0.538. The molecule has 0 amide bonds. The topological polar surface area (TPSA) is 31.0 Å². The Balaban J connectivity index is 1.51. The number of hydrogen-bond donors (Lipinski definition) is 0. The summed E-state index contributed by atoms with van der Waals surface area (Å²) in [6.07, 6.45) is 1.28. The van der Waals surface area contributed by atoms with E-state index in [0.717, 1.165) is 32.0 Å². The Hall–Kier alpha value is -1.06. The Bertz CT molecular complexity index is 303. The molecule has 0 bridgehead atoms. The van der Waals surface area contributed by atoms with Crippen LogP contribution >= 0.6 is 0 Å². The van der Waals surface area contributed by atoms with Gasteiger partial charge in [-0.05, 0) is 19.1 Å². The first-order chi connectivity index (χ1) is 7.84. The van der Waals surface area contributed by atoms with Crippen molar-refractivity contribution >= 4 is 0 Å². The molecule has 1 unspecified atom stereocenters. The van der Waals surface area contributed by atoms with Gasteiger partial charge in [0.1, 0.15) is 11.9 Å². The molecule has 0 N–H and O–H groups in total. The minimum absolute atomic E-state index is 0.359. The summed E-state index contributed by atoms with van der Waals surface area (Å²) in [5.74, 6) is 0.927. The largest absolute Gasteiger partial charge is 0.494 e. The van der Waals surface area contributed by atoms with Gasteiger partial charge in [-0.3, -0.25) is 0 Å². The molecule has 1 fully saturated rings. The van der Waals surface area contributed by atoms with Gasteiger partial charge >= 0.3 is 0 Å². The first-order valence-corrected chi connectivity index (χ1v) is 5.73. The number of rotatable bonds is 7. The minimum atomic E-state index is 0.359. The number of epoxide rings is 1. The van der Waals surface area contributed by atoms with Gasteiger partial charge in [0.15, 0.2) is 0 Å². The molecule has 3 heteroatoms. The molecule has 3 nitrogen and oxygen atoms in total. The van der Waals surface area contributed by atoms with Crippen LogP contribution in [-0.4, -0.2) is 32.5 Å². The predicted octanol–water partition coefficient (Wildman–Crippen LogP) is 2.18. The van der Waals surface area contributed by atoms with E-state index in [1.165, 1.54) is 5.56 Å². The second-order valence-corrected chi connectivity index (χ2v) is 4.05. The van der Waals surface area contributed by atoms with Crippen molar-refractivity contribution in [3.05, 3.63) is 29.8 Å². The molecule has 1 aromatic carbocycles. The average molecular weight is 222 g/mol. The summed E-state index contributed by atoms with van der Waals surface area (Å²) in [6, 6.07) is 8.09. The zero-order valence-electron chi connectivity index (χ0n) is 9.65. The van der Waals surface area contributed by atoms with Gasteiger partial charge in [-0.2, -0.15) is 0 Å². The first-order valence-electron chi connectivity index (χ1n) is 5.73. The van der Waals surface area contributed by atoms with Gasteiger partial charge in [-0.1, -0.05) is 17.7 Å². The monoisotopic (exact) mass is 222 g/mol. The summed E-state index contributed by atoms with van der Waals surface area (Å²) in [7, 11) is 0. The van der Waals surface area contributed by atoms with Crippen molar-refractivity contribution in [1.29, 1.82) is 0 Å². The maximum absolute atomic E-state index is 5.57. The van der Waals surface area contributed by atoms with Crippen molar-refractivity contribution in [2.45, 2.75) is 19.4 Å². The number of hydrogen-bond acceptors (Lipinski definition) is 3. The zero-order chi connectivity index (χ0) is 11.2. The summed E-state index contributed by atoms with van der Waals surface area (Å²) in [6.45, 7) is 5.10. The SMILES string of the molecule is Cc1ccc(OCCCOCC2CO2)cc1. The summed E-state index contributed by atoms with van der Waals surface area (Å²) in [5, 5.41) is 0. The Kier molecular flexibility index (Phi) is 4.19. The Morgan fingerprint density at radius 2 is 2.00 bits per heavy atom. The summed E-state index contributed by atoms with van der Waals surface area (Å²) in [4.78, 5) is 0. The van der Waals surface area contributed by atoms with E-state index in [2.05, 4.69) is 19.1 Å². The van der Waals surface area contributed by atoms with Crippen LogP contribution in [0.15, 0.2) is 24.3 Å². The van der Waals surface area contributed by atoms with Crippen molar-refractivity contribution in [2.75, 3.05) is 26.4 Å². The molecular weight excluding hydrogens is 204 g/mol. The zero-order valence-corrected chi connectivity index (χ0v) is 9.65. The molecule has 1 atom stereocenters. The molecule has 0 aromatic heterocycles. The number of ether oxygens (including phenoxy) is 3. The number of benzene rings is 1. The lowest BCUT2D eigenvalue weighted by molar-refractivity contribution is 0.104. The molecule has 0 radical (unpaired) electrons. The van der Waals surface area contributed by atoms with Crippen LogP contribution in [0.25, 0.3) is 0 Å². The van der Waals surface area contributed by atoms with E-state index in [4.69, 9.17) is 14.2 Å². The van der Waals surface area contributed by atoms with Crippen LogP contribution in [0.2, 0.25) is 0 Å². The highest BCUT2D eigenvalue weighted by Crippen LogP contribution is 2.12. The lowest BCUT2D eigenvalue weighted by Gasteiger charge is -2.06. The van der Waals surface area contributed by atoms with Crippen LogP contribution in [0.3, 0.4) is 0 Å². The van der Waals surface area contributed by atoms with Crippen LogP contribution in [0.1, 0.15) is 12.0 Å². The van der Waals surface area contributed by atoms with E-state index in [-0.39, 0.29) is 0 Å². The highest BCUT2D eigenvalue weighted by Gasteiger charge is 2.21. The van der Waals surface area contributed by atoms with Gasteiger partial charge in [0.05, 0.1) is 19.8 Å². The highest BCUT2D eigenvalue weighted by atomic mass is 16.6. The van der Waals surface area contributed by atoms with E-state index >= 15 is 0 Å². The van der Waals surface area contributed by atoms with Gasteiger partial charge in [0.2, 0.25) is 0 Å². The van der Waals surface area contributed by atoms with E-state index in [1.54, 1.807) is 0 Å². The molecule has 1 aliphatic heterocycles. The van der Waals surface area contributed by atoms with Gasteiger partial charge in [0.25, 0.3) is 0 Å². The third kappa shape index (κ3) is 4.21. The standard InChI is InChI=1S/C13H18O3/c1-11-3-5-12(6-4-11)15-8-2-7-14-9-13-10-16-13/h3-6,13H,2,7-10H2,1H3. The van der Waals surface area contributed by atoms with Gasteiger partial charge in [0, 0.05) is 13.0 Å². The van der Waals surface area contributed by atoms with E-state index in [1.807, 2.05) is 12.1 Å². The number of aryl methyl sites for hydroxylation is 1. The second kappa shape index (κ2) is 5.87. The van der Waals surface area contributed by atoms with Crippen molar-refractivity contribution in [3.8, 4) is 5.75 Å². The van der Waals surface area contributed by atoms with Crippen LogP contribution in [0.4, 0.5) is 0 Å². The third-order valence-corrected chi connectivity index (χ3v) is 2.43. The molecule has 2 rings (SSSR count). The fourth-order valence-corrected chi connectivity index (χ4v) is 1.36. The van der Waals surface area contributed by atoms with E-state index in [9.17, 15) is 0 Å².